The molecule has 0 aliphatic heterocycles. The summed E-state index contributed by atoms with van der Waals surface area (Å²) in [6.45, 7) is 3.02. The van der Waals surface area contributed by atoms with E-state index in [1.807, 2.05) is 12.1 Å². The van der Waals surface area contributed by atoms with Crippen LogP contribution in [0.2, 0.25) is 0 Å². The van der Waals surface area contributed by atoms with Crippen molar-refractivity contribution in [2.75, 3.05) is 6.54 Å². The molecular formula is C38H47NOP+. The highest BCUT2D eigenvalue weighted by molar-refractivity contribution is 7.95. The highest BCUT2D eigenvalue weighted by Gasteiger charge is 2.45. The molecule has 2 nitrogen and oxygen atoms in total. The van der Waals surface area contributed by atoms with Gasteiger partial charge in [0.1, 0.15) is 23.2 Å². The molecule has 0 saturated carbocycles. The number of carbonyl (C=O) groups excluding carboxylic acids is 1. The number of hydrogen-bond donors (Lipinski definition) is 1. The van der Waals surface area contributed by atoms with Gasteiger partial charge >= 0.3 is 0 Å². The molecule has 1 amide bonds. The van der Waals surface area contributed by atoms with Gasteiger partial charge in [-0.3, -0.25) is 4.79 Å². The molecule has 4 aromatic carbocycles. The fourth-order valence-corrected chi connectivity index (χ4v) is 9.96. The minimum atomic E-state index is -1.96. The number of hydrogen-bond acceptors (Lipinski definition) is 1. The molecular weight excluding hydrogens is 517 g/mol. The molecule has 0 aromatic heterocycles. The molecule has 4 aromatic rings. The van der Waals surface area contributed by atoms with Crippen molar-refractivity contribution >= 4 is 29.1 Å². The summed E-state index contributed by atoms with van der Waals surface area (Å²) in [7, 11) is -1.96. The Morgan fingerprint density at radius 1 is 0.537 bits per heavy atom. The lowest BCUT2D eigenvalue weighted by molar-refractivity contribution is 0.0953. The largest absolute Gasteiger partial charge is 0.352 e. The molecule has 0 unspecified atom stereocenters. The molecule has 0 aliphatic carbocycles. The average Bonchev–Trinajstić information content (AvgIpc) is 3.04. The Morgan fingerprint density at radius 2 is 0.951 bits per heavy atom. The topological polar surface area (TPSA) is 29.1 Å². The second-order valence-electron chi connectivity index (χ2n) is 11.1. The van der Waals surface area contributed by atoms with E-state index in [1.54, 1.807) is 0 Å². The van der Waals surface area contributed by atoms with E-state index in [9.17, 15) is 4.79 Å². The van der Waals surface area contributed by atoms with Crippen molar-refractivity contribution in [1.29, 1.82) is 0 Å². The Balaban J connectivity index is 1.38. The molecule has 0 atom stereocenters. The molecule has 0 aliphatic rings. The van der Waals surface area contributed by atoms with Gasteiger partial charge in [0, 0.05) is 12.1 Å². The molecule has 0 saturated heterocycles. The number of rotatable bonds is 17. The quantitative estimate of drug-likeness (QED) is 0.101. The first-order valence-electron chi connectivity index (χ1n) is 15.7. The van der Waals surface area contributed by atoms with E-state index < -0.39 is 7.26 Å². The van der Waals surface area contributed by atoms with Crippen LogP contribution >= 0.6 is 7.26 Å². The zero-order valence-corrected chi connectivity index (χ0v) is 25.7. The number of carbonyl (C=O) groups is 1. The van der Waals surface area contributed by atoms with E-state index in [0.717, 1.165) is 24.7 Å². The summed E-state index contributed by atoms with van der Waals surface area (Å²) in [5.41, 5.74) is 1.99. The number of nitrogens with one attached hydrogen (secondary N) is 1. The second kappa shape index (κ2) is 16.9. The monoisotopic (exact) mass is 564 g/mol. The van der Waals surface area contributed by atoms with Gasteiger partial charge in [-0.1, -0.05) is 131 Å². The van der Waals surface area contributed by atoms with Crippen LogP contribution in [-0.2, 0) is 6.16 Å². The van der Waals surface area contributed by atoms with Crippen molar-refractivity contribution in [3.63, 3.8) is 0 Å². The molecule has 0 heterocycles. The molecule has 1 N–H and O–H groups in total. The maximum absolute atomic E-state index is 12.9. The predicted octanol–water partition coefficient (Wildman–Crippen LogP) is 8.83. The summed E-state index contributed by atoms with van der Waals surface area (Å²) < 4.78 is 0. The lowest BCUT2D eigenvalue weighted by Gasteiger charge is -2.28. The van der Waals surface area contributed by atoms with Crippen LogP contribution in [0.25, 0.3) is 0 Å². The summed E-state index contributed by atoms with van der Waals surface area (Å²) >= 11 is 0. The number of benzene rings is 4. The van der Waals surface area contributed by atoms with Crippen molar-refractivity contribution in [2.45, 2.75) is 77.3 Å². The molecule has 0 spiro atoms. The summed E-state index contributed by atoms with van der Waals surface area (Å²) in [6.07, 6.45) is 13.9. The van der Waals surface area contributed by atoms with Crippen LogP contribution in [0.4, 0.5) is 0 Å². The maximum Gasteiger partial charge on any atom is 0.251 e. The molecule has 214 valence electrons. The van der Waals surface area contributed by atoms with Gasteiger partial charge in [-0.2, -0.15) is 0 Å². The molecule has 0 radical (unpaired) electrons. The van der Waals surface area contributed by atoms with Crippen LogP contribution in [0.5, 0.6) is 0 Å². The van der Waals surface area contributed by atoms with E-state index in [4.69, 9.17) is 0 Å². The third kappa shape index (κ3) is 8.88. The number of amides is 1. The van der Waals surface area contributed by atoms with E-state index in [2.05, 4.69) is 115 Å². The highest BCUT2D eigenvalue weighted by Crippen LogP contribution is 2.58. The molecule has 4 rings (SSSR count). The van der Waals surface area contributed by atoms with E-state index >= 15 is 0 Å². The standard InChI is InChI=1S/C38H46NOP/c1-2-3-4-5-6-7-8-9-10-20-31-39-38(40)34-29-27-33(28-30-34)32-41(35-21-14-11-15-22-35,36-23-16-12-17-24-36)37-25-18-13-19-26-37/h11-19,21-30H,2-10,20,31-32H2,1H3/p+1. The smallest absolute Gasteiger partial charge is 0.251 e. The van der Waals surface area contributed by atoms with Crippen molar-refractivity contribution in [1.82, 2.24) is 5.32 Å². The van der Waals surface area contributed by atoms with Gasteiger partial charge in [-0.05, 0) is 60.5 Å². The average molecular weight is 565 g/mol. The van der Waals surface area contributed by atoms with Gasteiger partial charge < -0.3 is 5.32 Å². The van der Waals surface area contributed by atoms with Gasteiger partial charge in [0.15, 0.2) is 0 Å². The summed E-state index contributed by atoms with van der Waals surface area (Å²) in [4.78, 5) is 12.9. The second-order valence-corrected chi connectivity index (χ2v) is 14.6. The van der Waals surface area contributed by atoms with Crippen molar-refractivity contribution in [3.8, 4) is 0 Å². The maximum atomic E-state index is 12.9. The molecule has 0 bridgehead atoms. The first-order valence-corrected chi connectivity index (χ1v) is 17.6. The Bertz CT molecular complexity index is 1180. The Morgan fingerprint density at radius 3 is 1.39 bits per heavy atom. The number of unbranched alkanes of at least 4 members (excludes halogenated alkanes) is 9. The zero-order chi connectivity index (χ0) is 28.6. The van der Waals surface area contributed by atoms with Crippen LogP contribution in [0.1, 0.15) is 87.1 Å². The SMILES string of the molecule is CCCCCCCCCCCCNC(=O)c1ccc(C[P+](c2ccccc2)(c2ccccc2)c2ccccc2)cc1. The fourth-order valence-electron chi connectivity index (χ4n) is 5.72. The van der Waals surface area contributed by atoms with E-state index in [1.165, 1.54) is 79.3 Å². The molecule has 3 heteroatoms. The first-order chi connectivity index (χ1) is 20.2. The highest BCUT2D eigenvalue weighted by atomic mass is 31.2. The molecule has 41 heavy (non-hydrogen) atoms. The van der Waals surface area contributed by atoms with Crippen molar-refractivity contribution in [2.24, 2.45) is 0 Å². The Hall–Kier alpha value is -3.22. The normalized spacial score (nSPS) is 11.3. The third-order valence-electron chi connectivity index (χ3n) is 8.04. The van der Waals surface area contributed by atoms with Gasteiger partial charge in [-0.15, -0.1) is 0 Å². The minimum Gasteiger partial charge on any atom is -0.352 e. The molecule has 0 fully saturated rings. The summed E-state index contributed by atoms with van der Waals surface area (Å²) in [5.74, 6) is 0.0303. The summed E-state index contributed by atoms with van der Waals surface area (Å²) in [6, 6.07) is 41.2. The fraction of sp³-hybridized carbons (Fsp3) is 0.342. The van der Waals surface area contributed by atoms with Gasteiger partial charge in [0.05, 0.1) is 6.16 Å². The van der Waals surface area contributed by atoms with Gasteiger partial charge in [0.2, 0.25) is 0 Å². The predicted molar refractivity (Wildman–Crippen MR) is 179 cm³/mol. The lowest BCUT2D eigenvalue weighted by atomic mass is 10.1. The Labute approximate surface area is 249 Å². The van der Waals surface area contributed by atoms with Gasteiger partial charge in [0.25, 0.3) is 5.91 Å². The zero-order valence-electron chi connectivity index (χ0n) is 24.8. The lowest BCUT2D eigenvalue weighted by Crippen LogP contribution is -2.32. The van der Waals surface area contributed by atoms with Crippen LogP contribution in [-0.4, -0.2) is 12.5 Å². The van der Waals surface area contributed by atoms with Crippen LogP contribution in [0.15, 0.2) is 115 Å². The summed E-state index contributed by atoms with van der Waals surface area (Å²) in [5, 5.41) is 7.25. The van der Waals surface area contributed by atoms with E-state index in [-0.39, 0.29) is 5.91 Å². The Kier molecular flexibility index (Phi) is 12.7. The third-order valence-corrected chi connectivity index (χ3v) is 12.4. The first kappa shape index (κ1) is 30.7. The van der Waals surface area contributed by atoms with Crippen LogP contribution in [0.3, 0.4) is 0 Å². The van der Waals surface area contributed by atoms with E-state index in [0.29, 0.717) is 0 Å². The minimum absolute atomic E-state index is 0.0303. The van der Waals surface area contributed by atoms with Gasteiger partial charge in [-0.25, -0.2) is 0 Å². The van der Waals surface area contributed by atoms with Crippen LogP contribution < -0.4 is 21.2 Å². The van der Waals surface area contributed by atoms with Crippen molar-refractivity contribution in [3.05, 3.63) is 126 Å². The van der Waals surface area contributed by atoms with Crippen molar-refractivity contribution < 1.29 is 4.79 Å². The van der Waals surface area contributed by atoms with Crippen LogP contribution in [0, 0.1) is 0 Å².